The van der Waals surface area contributed by atoms with Gasteiger partial charge < -0.3 is 14.4 Å². The number of hydrogen-bond acceptors (Lipinski definition) is 6. The Hall–Kier alpha value is -2.29. The second-order valence-corrected chi connectivity index (χ2v) is 10.2. The molecular formula is C27H33NO5S. The molecular weight excluding hydrogens is 450 g/mol. The Bertz CT molecular complexity index is 1080. The number of benzene rings is 2. The minimum absolute atomic E-state index is 0.0372. The molecule has 4 rings (SSSR count). The molecule has 0 saturated carbocycles. The normalized spacial score (nSPS) is 16.3. The zero-order valence-corrected chi connectivity index (χ0v) is 20.6. The number of piperidine rings is 1. The van der Waals surface area contributed by atoms with E-state index in [1.807, 2.05) is 0 Å². The monoisotopic (exact) mass is 483 g/mol. The Morgan fingerprint density at radius 1 is 0.765 bits per heavy atom. The second kappa shape index (κ2) is 11.9. The van der Waals surface area contributed by atoms with Crippen LogP contribution in [-0.4, -0.2) is 72.2 Å². The Morgan fingerprint density at radius 2 is 1.29 bits per heavy atom. The minimum atomic E-state index is -3.40. The fourth-order valence-electron chi connectivity index (χ4n) is 4.50. The van der Waals surface area contributed by atoms with Gasteiger partial charge in [-0.15, -0.1) is 0 Å². The van der Waals surface area contributed by atoms with Gasteiger partial charge in [0, 0.05) is 19.6 Å². The molecule has 1 heterocycles. The van der Waals surface area contributed by atoms with E-state index in [1.54, 1.807) is 0 Å². The van der Waals surface area contributed by atoms with E-state index in [9.17, 15) is 8.42 Å². The summed E-state index contributed by atoms with van der Waals surface area (Å²) in [4.78, 5) is 2.46. The molecule has 182 valence electrons. The maximum atomic E-state index is 10.9. The van der Waals surface area contributed by atoms with Crippen LogP contribution < -0.4 is 0 Å². The van der Waals surface area contributed by atoms with Crippen LogP contribution in [0.1, 0.15) is 35.1 Å². The van der Waals surface area contributed by atoms with Crippen LogP contribution in [0, 0.1) is 0 Å². The first-order valence-electron chi connectivity index (χ1n) is 11.8. The number of rotatable bonds is 10. The fourth-order valence-corrected chi connectivity index (χ4v) is 4.87. The van der Waals surface area contributed by atoms with Crippen LogP contribution in [0.5, 0.6) is 0 Å². The lowest BCUT2D eigenvalue weighted by Crippen LogP contribution is -2.34. The molecule has 2 aliphatic rings. The minimum Gasteiger partial charge on any atom is -0.378 e. The van der Waals surface area contributed by atoms with Crippen molar-refractivity contribution in [2.24, 2.45) is 0 Å². The summed E-state index contributed by atoms with van der Waals surface area (Å²) in [5.74, 6) is 0. The van der Waals surface area contributed by atoms with Crippen LogP contribution in [0.25, 0.3) is 17.7 Å². The van der Waals surface area contributed by atoms with Gasteiger partial charge in [-0.3, -0.25) is 4.18 Å². The highest BCUT2D eigenvalue weighted by Crippen LogP contribution is 2.38. The SMILES string of the molecule is CS(=O)(=O)OCCOCCOCCN1CCC(=C2c3ccccc3C=Cc3ccccc32)CC1. The van der Waals surface area contributed by atoms with Gasteiger partial charge in [0.05, 0.1) is 39.3 Å². The molecule has 0 atom stereocenters. The van der Waals surface area contributed by atoms with Crippen molar-refractivity contribution in [3.05, 3.63) is 76.4 Å². The smallest absolute Gasteiger partial charge is 0.264 e. The topological polar surface area (TPSA) is 65.1 Å². The lowest BCUT2D eigenvalue weighted by atomic mass is 9.86. The van der Waals surface area contributed by atoms with Crippen molar-refractivity contribution in [3.8, 4) is 0 Å². The molecule has 0 unspecified atom stereocenters. The van der Waals surface area contributed by atoms with Gasteiger partial charge in [-0.2, -0.15) is 8.42 Å². The average molecular weight is 484 g/mol. The summed E-state index contributed by atoms with van der Waals surface area (Å²) in [6, 6.07) is 17.4. The van der Waals surface area contributed by atoms with Gasteiger partial charge in [-0.05, 0) is 40.7 Å². The van der Waals surface area contributed by atoms with E-state index >= 15 is 0 Å². The van der Waals surface area contributed by atoms with Gasteiger partial charge in [0.15, 0.2) is 0 Å². The molecule has 0 N–H and O–H groups in total. The van der Waals surface area contributed by atoms with Crippen molar-refractivity contribution in [3.63, 3.8) is 0 Å². The zero-order chi connectivity index (χ0) is 23.8. The van der Waals surface area contributed by atoms with Gasteiger partial charge in [-0.1, -0.05) is 66.3 Å². The van der Waals surface area contributed by atoms with Gasteiger partial charge in [0.25, 0.3) is 10.1 Å². The highest BCUT2D eigenvalue weighted by atomic mass is 32.2. The molecule has 1 aliphatic heterocycles. The van der Waals surface area contributed by atoms with E-state index in [2.05, 4.69) is 69.8 Å². The maximum Gasteiger partial charge on any atom is 0.264 e. The Labute approximate surface area is 203 Å². The van der Waals surface area contributed by atoms with E-state index in [1.165, 1.54) is 33.4 Å². The molecule has 1 aliphatic carbocycles. The van der Waals surface area contributed by atoms with Crippen LogP contribution in [0.2, 0.25) is 0 Å². The summed E-state index contributed by atoms with van der Waals surface area (Å²) in [5.41, 5.74) is 8.16. The number of likely N-dealkylation sites (tertiary alicyclic amines) is 1. The molecule has 7 heteroatoms. The first-order chi connectivity index (χ1) is 16.5. The van der Waals surface area contributed by atoms with Gasteiger partial charge >= 0.3 is 0 Å². The fraction of sp³-hybridized carbons (Fsp3) is 0.407. The Kier molecular flexibility index (Phi) is 8.69. The summed E-state index contributed by atoms with van der Waals surface area (Å²) in [5, 5.41) is 0. The van der Waals surface area contributed by atoms with Crippen LogP contribution in [-0.2, 0) is 23.8 Å². The first kappa shape index (κ1) is 24.8. The molecule has 1 saturated heterocycles. The lowest BCUT2D eigenvalue weighted by Gasteiger charge is -2.30. The molecule has 0 spiro atoms. The lowest BCUT2D eigenvalue weighted by molar-refractivity contribution is 0.0293. The number of nitrogens with zero attached hydrogens (tertiary/aromatic N) is 1. The molecule has 0 bridgehead atoms. The second-order valence-electron chi connectivity index (χ2n) is 8.58. The standard InChI is InChI=1S/C27H33NO5S/c1-34(29,30)33-21-20-32-19-18-31-17-16-28-14-12-24(13-15-28)27-25-8-4-2-6-22(25)10-11-23-7-3-5-9-26(23)27/h2-11H,12-21H2,1H3. The molecule has 1 fully saturated rings. The van der Waals surface area contributed by atoms with Gasteiger partial charge in [0.2, 0.25) is 0 Å². The Balaban J connectivity index is 1.26. The third-order valence-corrected chi connectivity index (χ3v) is 6.76. The zero-order valence-electron chi connectivity index (χ0n) is 19.7. The summed E-state index contributed by atoms with van der Waals surface area (Å²) in [7, 11) is -3.40. The quantitative estimate of drug-likeness (QED) is 0.320. The van der Waals surface area contributed by atoms with E-state index in [0.29, 0.717) is 19.8 Å². The van der Waals surface area contributed by atoms with Crippen molar-refractivity contribution in [1.29, 1.82) is 0 Å². The predicted molar refractivity (Wildman–Crippen MR) is 136 cm³/mol. The number of hydrogen-bond donors (Lipinski definition) is 0. The third-order valence-electron chi connectivity index (χ3n) is 6.16. The van der Waals surface area contributed by atoms with Crippen molar-refractivity contribution < 1.29 is 22.1 Å². The first-order valence-corrected chi connectivity index (χ1v) is 13.6. The molecule has 0 amide bonds. The van der Waals surface area contributed by atoms with E-state index in [-0.39, 0.29) is 13.2 Å². The Morgan fingerprint density at radius 3 is 1.88 bits per heavy atom. The molecule has 34 heavy (non-hydrogen) atoms. The van der Waals surface area contributed by atoms with E-state index in [0.717, 1.165) is 38.7 Å². The van der Waals surface area contributed by atoms with Crippen LogP contribution in [0.15, 0.2) is 54.1 Å². The predicted octanol–water partition coefficient (Wildman–Crippen LogP) is 4.08. The van der Waals surface area contributed by atoms with E-state index in [4.69, 9.17) is 9.47 Å². The highest BCUT2D eigenvalue weighted by molar-refractivity contribution is 7.85. The largest absolute Gasteiger partial charge is 0.378 e. The maximum absolute atomic E-state index is 10.9. The van der Waals surface area contributed by atoms with E-state index < -0.39 is 10.1 Å². The van der Waals surface area contributed by atoms with Gasteiger partial charge in [-0.25, -0.2) is 0 Å². The summed E-state index contributed by atoms with van der Waals surface area (Å²) in [6.45, 7) is 4.80. The number of ether oxygens (including phenoxy) is 2. The van der Waals surface area contributed by atoms with Crippen LogP contribution >= 0.6 is 0 Å². The highest BCUT2D eigenvalue weighted by Gasteiger charge is 2.22. The summed E-state index contributed by atoms with van der Waals surface area (Å²) in [6.07, 6.45) is 7.61. The van der Waals surface area contributed by atoms with Gasteiger partial charge in [0.1, 0.15) is 0 Å². The average Bonchev–Trinajstić information content (AvgIpc) is 3.00. The third kappa shape index (κ3) is 6.87. The van der Waals surface area contributed by atoms with Crippen molar-refractivity contribution >= 4 is 27.8 Å². The van der Waals surface area contributed by atoms with Crippen molar-refractivity contribution in [1.82, 2.24) is 4.90 Å². The molecule has 0 radical (unpaired) electrons. The summed E-state index contributed by atoms with van der Waals surface area (Å²) < 4.78 is 37.4. The molecule has 2 aromatic carbocycles. The molecule has 0 aromatic heterocycles. The van der Waals surface area contributed by atoms with Crippen LogP contribution in [0.4, 0.5) is 0 Å². The molecule has 6 nitrogen and oxygen atoms in total. The number of fused-ring (bicyclic) bond motifs is 2. The van der Waals surface area contributed by atoms with Crippen molar-refractivity contribution in [2.45, 2.75) is 12.8 Å². The van der Waals surface area contributed by atoms with Crippen molar-refractivity contribution in [2.75, 3.05) is 58.9 Å². The van der Waals surface area contributed by atoms with Crippen LogP contribution in [0.3, 0.4) is 0 Å². The summed E-state index contributed by atoms with van der Waals surface area (Å²) >= 11 is 0. The molecule has 2 aromatic rings.